The van der Waals surface area contributed by atoms with E-state index in [2.05, 4.69) is 15.4 Å². The van der Waals surface area contributed by atoms with E-state index in [0.29, 0.717) is 34.3 Å². The van der Waals surface area contributed by atoms with Crippen LogP contribution in [0.1, 0.15) is 25.5 Å². The monoisotopic (exact) mass is 392 g/mol. The average Bonchev–Trinajstić information content (AvgIpc) is 3.26. The van der Waals surface area contributed by atoms with Gasteiger partial charge in [-0.05, 0) is 48.9 Å². The molecule has 0 aliphatic carbocycles. The number of benzene rings is 2. The number of ether oxygens (including phenoxy) is 1. The summed E-state index contributed by atoms with van der Waals surface area (Å²) in [7, 11) is 1.76. The van der Waals surface area contributed by atoms with Gasteiger partial charge in [0, 0.05) is 20.0 Å². The maximum atomic E-state index is 11.3. The summed E-state index contributed by atoms with van der Waals surface area (Å²) in [6, 6.07) is 13.7. The van der Waals surface area contributed by atoms with Crippen LogP contribution in [-0.2, 0) is 11.8 Å². The van der Waals surface area contributed by atoms with Crippen molar-refractivity contribution in [3.63, 3.8) is 0 Å². The fourth-order valence-corrected chi connectivity index (χ4v) is 2.99. The van der Waals surface area contributed by atoms with E-state index >= 15 is 0 Å². The van der Waals surface area contributed by atoms with Gasteiger partial charge in [0.2, 0.25) is 17.7 Å². The summed E-state index contributed by atoms with van der Waals surface area (Å²) in [5.41, 5.74) is 2.77. The molecule has 0 saturated heterocycles. The van der Waals surface area contributed by atoms with E-state index in [1.165, 1.54) is 6.92 Å². The quantitative estimate of drug-likeness (QED) is 0.534. The largest absolute Gasteiger partial charge is 0.508 e. The number of nitrogens with zero attached hydrogens (tertiary/aromatic N) is 3. The van der Waals surface area contributed by atoms with Crippen LogP contribution in [0.5, 0.6) is 17.4 Å². The molecule has 1 unspecified atom stereocenters. The molecule has 29 heavy (non-hydrogen) atoms. The Hall–Kier alpha value is -3.81. The maximum Gasteiger partial charge on any atom is 0.248 e. The lowest BCUT2D eigenvalue weighted by Gasteiger charge is -2.12. The van der Waals surface area contributed by atoms with Crippen molar-refractivity contribution in [1.82, 2.24) is 20.1 Å². The second-order valence-electron chi connectivity index (χ2n) is 6.76. The SMILES string of the molecule is CC(=O)NC(C)c1ccc2nc(-c3cc(Oc4ccc(O)cc4)n(C)n3)oc2c1. The van der Waals surface area contributed by atoms with Gasteiger partial charge in [-0.3, -0.25) is 4.79 Å². The molecule has 1 atom stereocenters. The fraction of sp³-hybridized carbons (Fsp3) is 0.190. The third kappa shape index (κ3) is 3.91. The van der Waals surface area contributed by atoms with Gasteiger partial charge in [0.1, 0.15) is 17.0 Å². The maximum absolute atomic E-state index is 11.3. The second-order valence-corrected chi connectivity index (χ2v) is 6.76. The zero-order valence-corrected chi connectivity index (χ0v) is 16.2. The van der Waals surface area contributed by atoms with E-state index in [4.69, 9.17) is 9.15 Å². The Labute approximate surface area is 166 Å². The Balaban J connectivity index is 1.61. The van der Waals surface area contributed by atoms with Gasteiger partial charge in [-0.1, -0.05) is 6.07 Å². The molecule has 0 radical (unpaired) electrons. The Morgan fingerprint density at radius 3 is 2.69 bits per heavy atom. The number of phenolic OH excluding ortho intramolecular Hbond substituents is 1. The first kappa shape index (κ1) is 18.5. The molecule has 2 aromatic heterocycles. The van der Waals surface area contributed by atoms with Crippen LogP contribution in [0.4, 0.5) is 0 Å². The average molecular weight is 392 g/mol. The topological polar surface area (TPSA) is 102 Å². The number of aromatic hydroxyl groups is 1. The molecule has 0 aliphatic heterocycles. The fourth-order valence-electron chi connectivity index (χ4n) is 2.99. The first-order valence-electron chi connectivity index (χ1n) is 9.08. The number of phenols is 1. The molecule has 8 nitrogen and oxygen atoms in total. The molecule has 4 aromatic rings. The van der Waals surface area contributed by atoms with Gasteiger partial charge in [-0.2, -0.15) is 5.10 Å². The number of carbonyl (C=O) groups excluding carboxylic acids is 1. The molecule has 4 rings (SSSR count). The van der Waals surface area contributed by atoms with Crippen molar-refractivity contribution in [3.8, 4) is 29.0 Å². The minimum Gasteiger partial charge on any atom is -0.508 e. The smallest absolute Gasteiger partial charge is 0.248 e. The molecule has 1 amide bonds. The normalized spacial score (nSPS) is 12.1. The van der Waals surface area contributed by atoms with Gasteiger partial charge in [0.15, 0.2) is 11.3 Å². The number of carbonyl (C=O) groups is 1. The highest BCUT2D eigenvalue weighted by Crippen LogP contribution is 2.30. The van der Waals surface area contributed by atoms with Crippen molar-refractivity contribution < 1.29 is 19.1 Å². The standard InChI is InChI=1S/C21H20N4O4/c1-12(22-13(2)26)14-4-9-17-19(10-14)29-21(23-17)18-11-20(25(3)24-18)28-16-7-5-15(27)6-8-16/h4-12,27H,1-3H3,(H,22,26). The summed E-state index contributed by atoms with van der Waals surface area (Å²) >= 11 is 0. The number of nitrogens with one attached hydrogen (secondary N) is 1. The van der Waals surface area contributed by atoms with Gasteiger partial charge in [-0.15, -0.1) is 0 Å². The molecular weight excluding hydrogens is 372 g/mol. The van der Waals surface area contributed by atoms with Crippen molar-refractivity contribution >= 4 is 17.0 Å². The van der Waals surface area contributed by atoms with Gasteiger partial charge in [0.25, 0.3) is 0 Å². The van der Waals surface area contributed by atoms with Crippen LogP contribution in [0.15, 0.2) is 52.9 Å². The molecule has 0 saturated carbocycles. The van der Waals surface area contributed by atoms with Crippen LogP contribution < -0.4 is 10.1 Å². The highest BCUT2D eigenvalue weighted by Gasteiger charge is 2.16. The zero-order valence-electron chi connectivity index (χ0n) is 16.2. The molecule has 2 heterocycles. The van der Waals surface area contributed by atoms with Gasteiger partial charge in [0.05, 0.1) is 6.04 Å². The minimum absolute atomic E-state index is 0.0921. The Morgan fingerprint density at radius 1 is 1.21 bits per heavy atom. The lowest BCUT2D eigenvalue weighted by molar-refractivity contribution is -0.119. The Bertz CT molecular complexity index is 1180. The number of rotatable bonds is 5. The summed E-state index contributed by atoms with van der Waals surface area (Å²) in [5.74, 6) is 1.53. The van der Waals surface area contributed by atoms with E-state index in [1.807, 2.05) is 25.1 Å². The highest BCUT2D eigenvalue weighted by molar-refractivity contribution is 5.77. The van der Waals surface area contributed by atoms with Crippen LogP contribution in [-0.4, -0.2) is 25.8 Å². The van der Waals surface area contributed by atoms with Crippen molar-refractivity contribution in [2.75, 3.05) is 0 Å². The summed E-state index contributed by atoms with van der Waals surface area (Å²) in [5, 5.41) is 16.6. The van der Waals surface area contributed by atoms with E-state index in [0.717, 1.165) is 5.56 Å². The van der Waals surface area contributed by atoms with Crippen LogP contribution in [0.25, 0.3) is 22.7 Å². The highest BCUT2D eigenvalue weighted by atomic mass is 16.5. The second kappa shape index (κ2) is 7.31. The zero-order chi connectivity index (χ0) is 20.5. The summed E-state index contributed by atoms with van der Waals surface area (Å²) < 4.78 is 13.3. The predicted octanol–water partition coefficient (Wildman–Crippen LogP) is 3.92. The van der Waals surface area contributed by atoms with Crippen molar-refractivity contribution in [1.29, 1.82) is 0 Å². The molecule has 2 aromatic carbocycles. The van der Waals surface area contributed by atoms with Gasteiger partial charge < -0.3 is 19.6 Å². The first-order valence-corrected chi connectivity index (χ1v) is 9.08. The van der Waals surface area contributed by atoms with Crippen LogP contribution in [0.2, 0.25) is 0 Å². The Kier molecular flexibility index (Phi) is 4.67. The van der Waals surface area contributed by atoms with Crippen molar-refractivity contribution in [2.24, 2.45) is 7.05 Å². The number of hydrogen-bond donors (Lipinski definition) is 2. The van der Waals surface area contributed by atoms with E-state index in [-0.39, 0.29) is 17.7 Å². The summed E-state index contributed by atoms with van der Waals surface area (Å²) in [4.78, 5) is 15.8. The minimum atomic E-state index is -0.134. The molecule has 8 heteroatoms. The van der Waals surface area contributed by atoms with E-state index in [9.17, 15) is 9.90 Å². The molecular formula is C21H20N4O4. The number of aryl methyl sites for hydroxylation is 1. The number of hydrogen-bond acceptors (Lipinski definition) is 6. The van der Waals surface area contributed by atoms with Gasteiger partial charge in [-0.25, -0.2) is 9.67 Å². The van der Waals surface area contributed by atoms with Crippen molar-refractivity contribution in [2.45, 2.75) is 19.9 Å². The van der Waals surface area contributed by atoms with Gasteiger partial charge >= 0.3 is 0 Å². The molecule has 148 valence electrons. The molecule has 0 bridgehead atoms. The van der Waals surface area contributed by atoms with Crippen LogP contribution >= 0.6 is 0 Å². The molecule has 0 fully saturated rings. The van der Waals surface area contributed by atoms with E-state index < -0.39 is 0 Å². The Morgan fingerprint density at radius 2 is 1.97 bits per heavy atom. The molecule has 0 aliphatic rings. The predicted molar refractivity (Wildman–Crippen MR) is 107 cm³/mol. The summed E-state index contributed by atoms with van der Waals surface area (Å²) in [6.45, 7) is 3.39. The van der Waals surface area contributed by atoms with Crippen molar-refractivity contribution in [3.05, 3.63) is 54.1 Å². The molecule has 2 N–H and O–H groups in total. The lowest BCUT2D eigenvalue weighted by Crippen LogP contribution is -2.23. The summed E-state index contributed by atoms with van der Waals surface area (Å²) in [6.07, 6.45) is 0. The number of aromatic nitrogens is 3. The van der Waals surface area contributed by atoms with E-state index in [1.54, 1.807) is 42.1 Å². The molecule has 0 spiro atoms. The lowest BCUT2D eigenvalue weighted by atomic mass is 10.1. The van der Waals surface area contributed by atoms with Crippen LogP contribution in [0.3, 0.4) is 0 Å². The first-order chi connectivity index (χ1) is 13.9. The third-order valence-corrected chi connectivity index (χ3v) is 4.45. The number of fused-ring (bicyclic) bond motifs is 1. The number of oxazole rings is 1. The number of amides is 1. The third-order valence-electron chi connectivity index (χ3n) is 4.45. The van der Waals surface area contributed by atoms with Crippen LogP contribution in [0, 0.1) is 0 Å².